The molecule has 106 valence electrons. The predicted molar refractivity (Wildman–Crippen MR) is 80.9 cm³/mol. The van der Waals surface area contributed by atoms with Crippen LogP contribution in [0.5, 0.6) is 0 Å². The second-order valence-electron chi connectivity index (χ2n) is 4.56. The average molecular weight is 298 g/mol. The van der Waals surface area contributed by atoms with Crippen LogP contribution in [-0.4, -0.2) is 14.4 Å². The van der Waals surface area contributed by atoms with Crippen LogP contribution in [0.25, 0.3) is 0 Å². The van der Waals surface area contributed by atoms with E-state index in [-0.39, 0.29) is 11.0 Å². The molecular weight excluding hydrogens is 284 g/mol. The van der Waals surface area contributed by atoms with E-state index >= 15 is 0 Å². The zero-order chi connectivity index (χ0) is 14.5. The van der Waals surface area contributed by atoms with Gasteiger partial charge in [-0.1, -0.05) is 60.7 Å². The SMILES string of the molecule is O=S(Cc1nnco1)C(c1ccccc1)c1ccccc1. The summed E-state index contributed by atoms with van der Waals surface area (Å²) in [6.45, 7) is 0. The molecule has 0 amide bonds. The highest BCUT2D eigenvalue weighted by Gasteiger charge is 2.22. The Bertz CT molecular complexity index is 660. The third-order valence-electron chi connectivity index (χ3n) is 3.14. The van der Waals surface area contributed by atoms with Crippen molar-refractivity contribution in [2.24, 2.45) is 0 Å². The predicted octanol–water partition coefficient (Wildman–Crippen LogP) is 3.11. The minimum absolute atomic E-state index is 0.209. The summed E-state index contributed by atoms with van der Waals surface area (Å²) in [6, 6.07) is 19.7. The molecule has 0 bridgehead atoms. The first-order valence-corrected chi connectivity index (χ1v) is 7.95. The van der Waals surface area contributed by atoms with Gasteiger partial charge in [-0.05, 0) is 11.1 Å². The molecule has 0 saturated heterocycles. The van der Waals surface area contributed by atoms with Crippen LogP contribution >= 0.6 is 0 Å². The fraction of sp³-hybridized carbons (Fsp3) is 0.125. The summed E-state index contributed by atoms with van der Waals surface area (Å²) in [7, 11) is -1.19. The number of hydrogen-bond acceptors (Lipinski definition) is 4. The molecule has 1 heterocycles. The van der Waals surface area contributed by atoms with Crippen LogP contribution < -0.4 is 0 Å². The number of benzene rings is 2. The van der Waals surface area contributed by atoms with Gasteiger partial charge in [-0.2, -0.15) is 0 Å². The van der Waals surface area contributed by atoms with Crippen LogP contribution in [0.3, 0.4) is 0 Å². The van der Waals surface area contributed by atoms with E-state index in [0.717, 1.165) is 11.1 Å². The minimum atomic E-state index is -1.19. The Labute approximate surface area is 125 Å². The van der Waals surface area contributed by atoms with Crippen molar-refractivity contribution in [1.82, 2.24) is 10.2 Å². The second kappa shape index (κ2) is 6.45. The number of aromatic nitrogens is 2. The van der Waals surface area contributed by atoms with Gasteiger partial charge < -0.3 is 4.42 Å². The monoisotopic (exact) mass is 298 g/mol. The maximum Gasteiger partial charge on any atom is 0.228 e. The zero-order valence-corrected chi connectivity index (χ0v) is 12.1. The maximum absolute atomic E-state index is 12.8. The Morgan fingerprint density at radius 1 is 0.952 bits per heavy atom. The largest absolute Gasteiger partial charge is 0.427 e. The summed E-state index contributed by atoms with van der Waals surface area (Å²) in [4.78, 5) is 0. The summed E-state index contributed by atoms with van der Waals surface area (Å²) in [6.07, 6.45) is 1.26. The van der Waals surface area contributed by atoms with Gasteiger partial charge in [0.25, 0.3) is 0 Å². The van der Waals surface area contributed by atoms with Crippen molar-refractivity contribution >= 4 is 10.8 Å². The van der Waals surface area contributed by atoms with Crippen LogP contribution in [0.2, 0.25) is 0 Å². The van der Waals surface area contributed by atoms with Gasteiger partial charge in [0, 0.05) is 10.8 Å². The van der Waals surface area contributed by atoms with Crippen molar-refractivity contribution in [3.05, 3.63) is 84.1 Å². The van der Waals surface area contributed by atoms with Crippen LogP contribution in [0.1, 0.15) is 22.3 Å². The van der Waals surface area contributed by atoms with E-state index in [1.807, 2.05) is 60.7 Å². The third-order valence-corrected chi connectivity index (χ3v) is 4.74. The van der Waals surface area contributed by atoms with Crippen LogP contribution in [-0.2, 0) is 16.6 Å². The molecule has 1 unspecified atom stereocenters. The molecule has 0 fully saturated rings. The van der Waals surface area contributed by atoms with Gasteiger partial charge in [0.1, 0.15) is 5.75 Å². The molecule has 4 nitrogen and oxygen atoms in total. The highest BCUT2D eigenvalue weighted by Crippen LogP contribution is 2.29. The standard InChI is InChI=1S/C16H14N2O2S/c19-21(11-15-18-17-12-20-15)16(13-7-3-1-4-8-13)14-9-5-2-6-10-14/h1-10,12,16H,11H2. The third kappa shape index (κ3) is 3.25. The zero-order valence-electron chi connectivity index (χ0n) is 11.3. The molecule has 0 aliphatic heterocycles. The summed E-state index contributed by atoms with van der Waals surface area (Å²) in [5.41, 5.74) is 2.03. The summed E-state index contributed by atoms with van der Waals surface area (Å²) >= 11 is 0. The van der Waals surface area contributed by atoms with E-state index < -0.39 is 10.8 Å². The average Bonchev–Trinajstić information content (AvgIpc) is 3.02. The lowest BCUT2D eigenvalue weighted by Gasteiger charge is -2.16. The summed E-state index contributed by atoms with van der Waals surface area (Å²) < 4.78 is 17.9. The molecule has 21 heavy (non-hydrogen) atoms. The quantitative estimate of drug-likeness (QED) is 0.726. The lowest BCUT2D eigenvalue weighted by Crippen LogP contribution is -2.10. The van der Waals surface area contributed by atoms with Gasteiger partial charge in [-0.3, -0.25) is 4.21 Å². The molecule has 0 radical (unpaired) electrons. The molecule has 2 aromatic carbocycles. The van der Waals surface area contributed by atoms with Crippen molar-refractivity contribution in [2.75, 3.05) is 0 Å². The smallest absolute Gasteiger partial charge is 0.228 e. The molecular formula is C16H14N2O2S. The normalized spacial score (nSPS) is 12.4. The molecule has 0 N–H and O–H groups in total. The first-order valence-electron chi connectivity index (χ1n) is 6.56. The molecule has 1 atom stereocenters. The lowest BCUT2D eigenvalue weighted by atomic mass is 10.0. The van der Waals surface area contributed by atoms with Gasteiger partial charge >= 0.3 is 0 Å². The van der Waals surface area contributed by atoms with Gasteiger partial charge in [-0.25, -0.2) is 0 Å². The fourth-order valence-electron chi connectivity index (χ4n) is 2.22. The van der Waals surface area contributed by atoms with E-state index in [2.05, 4.69) is 10.2 Å². The lowest BCUT2D eigenvalue weighted by molar-refractivity contribution is 0.512. The highest BCUT2D eigenvalue weighted by atomic mass is 32.2. The van der Waals surface area contributed by atoms with E-state index in [4.69, 9.17) is 4.42 Å². The Balaban J connectivity index is 1.95. The van der Waals surface area contributed by atoms with Gasteiger partial charge in [0.15, 0.2) is 0 Å². The number of hydrogen-bond donors (Lipinski definition) is 0. The van der Waals surface area contributed by atoms with Gasteiger partial charge in [0.2, 0.25) is 12.3 Å². The van der Waals surface area contributed by atoms with Crippen molar-refractivity contribution < 1.29 is 8.63 Å². The van der Waals surface area contributed by atoms with E-state index in [1.54, 1.807) is 0 Å². The fourth-order valence-corrected chi connectivity index (χ4v) is 3.67. The Kier molecular flexibility index (Phi) is 4.21. The van der Waals surface area contributed by atoms with Crippen molar-refractivity contribution in [1.29, 1.82) is 0 Å². The first-order chi connectivity index (χ1) is 10.3. The van der Waals surface area contributed by atoms with E-state index in [9.17, 15) is 4.21 Å². The highest BCUT2D eigenvalue weighted by molar-refractivity contribution is 7.84. The minimum Gasteiger partial charge on any atom is -0.427 e. The molecule has 3 aromatic rings. The van der Waals surface area contributed by atoms with Crippen LogP contribution in [0, 0.1) is 0 Å². The second-order valence-corrected chi connectivity index (χ2v) is 6.08. The Hall–Kier alpha value is -2.27. The molecule has 5 heteroatoms. The molecule has 1 aromatic heterocycles. The van der Waals surface area contributed by atoms with Crippen molar-refractivity contribution in [2.45, 2.75) is 11.0 Å². The van der Waals surface area contributed by atoms with Gasteiger partial charge in [-0.15, -0.1) is 10.2 Å². The Morgan fingerprint density at radius 2 is 1.52 bits per heavy atom. The Morgan fingerprint density at radius 3 is 2.00 bits per heavy atom. The van der Waals surface area contributed by atoms with Crippen LogP contribution in [0.15, 0.2) is 71.5 Å². The number of rotatable bonds is 5. The van der Waals surface area contributed by atoms with Crippen molar-refractivity contribution in [3.8, 4) is 0 Å². The topological polar surface area (TPSA) is 56.0 Å². The van der Waals surface area contributed by atoms with E-state index in [1.165, 1.54) is 6.39 Å². The maximum atomic E-state index is 12.8. The van der Waals surface area contributed by atoms with Crippen molar-refractivity contribution in [3.63, 3.8) is 0 Å². The summed E-state index contributed by atoms with van der Waals surface area (Å²) in [5, 5.41) is 7.24. The van der Waals surface area contributed by atoms with Gasteiger partial charge in [0.05, 0.1) is 5.25 Å². The molecule has 3 rings (SSSR count). The van der Waals surface area contributed by atoms with E-state index in [0.29, 0.717) is 5.89 Å². The first kappa shape index (κ1) is 13.7. The molecule has 0 aliphatic carbocycles. The number of nitrogens with zero attached hydrogens (tertiary/aromatic N) is 2. The molecule has 0 spiro atoms. The van der Waals surface area contributed by atoms with Crippen LogP contribution in [0.4, 0.5) is 0 Å². The molecule has 0 aliphatic rings. The molecule has 0 saturated carbocycles. The summed E-state index contributed by atoms with van der Waals surface area (Å²) in [5.74, 6) is 0.638.